The SMILES string of the molecule is OC[C@@H]1[C@H]2CN(P(P)PP)C[C@H]2CN1PP. The summed E-state index contributed by atoms with van der Waals surface area (Å²) in [6, 6.07) is 0.409. The molecule has 2 saturated heterocycles. The lowest BCUT2D eigenvalue weighted by atomic mass is 9.95. The van der Waals surface area contributed by atoms with Crippen LogP contribution in [-0.4, -0.2) is 46.7 Å². The normalized spacial score (nSPS) is 39.4. The number of aliphatic hydroxyl groups excluding tert-OH is 1. The highest BCUT2D eigenvalue weighted by molar-refractivity contribution is 8.60. The van der Waals surface area contributed by atoms with Gasteiger partial charge in [-0.25, -0.2) is 0 Å². The summed E-state index contributed by atoms with van der Waals surface area (Å²) in [5, 5.41) is 9.53. The summed E-state index contributed by atoms with van der Waals surface area (Å²) in [5.74, 6) is 1.49. The Bertz CT molecular complexity index is 247. The van der Waals surface area contributed by atoms with Crippen molar-refractivity contribution in [3.05, 3.63) is 0 Å². The molecule has 0 aromatic heterocycles. The zero-order valence-electron chi connectivity index (χ0n) is 9.08. The quantitative estimate of drug-likeness (QED) is 0.799. The zero-order chi connectivity index (χ0) is 11.7. The first kappa shape index (κ1) is 14.9. The first-order valence-electron chi connectivity index (χ1n) is 5.31. The number of hydrogen-bond acceptors (Lipinski definition) is 3. The van der Waals surface area contributed by atoms with Crippen molar-refractivity contribution in [1.82, 2.24) is 9.34 Å². The van der Waals surface area contributed by atoms with Crippen LogP contribution < -0.4 is 0 Å². The van der Waals surface area contributed by atoms with Crippen LogP contribution in [0.2, 0.25) is 0 Å². The lowest BCUT2D eigenvalue weighted by Crippen LogP contribution is -2.32. The van der Waals surface area contributed by atoms with Crippen molar-refractivity contribution in [2.24, 2.45) is 11.8 Å². The van der Waals surface area contributed by atoms with Crippen LogP contribution in [0.25, 0.3) is 0 Å². The van der Waals surface area contributed by atoms with E-state index in [1.807, 2.05) is 0 Å². The smallest absolute Gasteiger partial charge is 0.0593 e. The maximum Gasteiger partial charge on any atom is 0.0593 e. The number of hydrogen-bond donors (Lipinski definition) is 1. The largest absolute Gasteiger partial charge is 0.395 e. The number of nitrogens with zero attached hydrogens (tertiary/aromatic N) is 2. The molecule has 3 nitrogen and oxygen atoms in total. The summed E-state index contributed by atoms with van der Waals surface area (Å²) in [6.07, 6.45) is 0. The molecule has 6 unspecified atom stereocenters. The van der Waals surface area contributed by atoms with E-state index < -0.39 is 0 Å². The average Bonchev–Trinajstić information content (AvgIpc) is 2.83. The molecule has 2 fully saturated rings. The molecule has 1 N–H and O–H groups in total. The lowest BCUT2D eigenvalue weighted by Gasteiger charge is -2.28. The van der Waals surface area contributed by atoms with Gasteiger partial charge >= 0.3 is 0 Å². The van der Waals surface area contributed by atoms with Gasteiger partial charge in [-0.05, 0) is 20.3 Å². The van der Waals surface area contributed by atoms with Crippen molar-refractivity contribution < 1.29 is 5.11 Å². The van der Waals surface area contributed by atoms with E-state index in [1.54, 1.807) is 0 Å². The summed E-state index contributed by atoms with van der Waals surface area (Å²) >= 11 is 0. The number of rotatable bonds is 4. The maximum atomic E-state index is 9.53. The Morgan fingerprint density at radius 1 is 1.31 bits per heavy atom. The van der Waals surface area contributed by atoms with Gasteiger partial charge in [0.15, 0.2) is 0 Å². The highest BCUT2D eigenvalue weighted by Gasteiger charge is 2.46. The van der Waals surface area contributed by atoms with Crippen LogP contribution >= 0.6 is 50.6 Å². The number of fused-ring (bicyclic) bond motifs is 1. The standard InChI is InChI=1S/C7H20N2OP6/c10-4-7-6-3-8(16(13)15-12)1-5(6)2-9(7)14-11/h5-7,10,14-15H,1-4,11-13H2/t5-,6-,7+,16?/m0/s1. The van der Waals surface area contributed by atoms with Gasteiger partial charge in [0.2, 0.25) is 0 Å². The van der Waals surface area contributed by atoms with E-state index in [9.17, 15) is 5.11 Å². The second kappa shape index (κ2) is 6.76. The minimum absolute atomic E-state index is 0.00949. The van der Waals surface area contributed by atoms with Crippen LogP contribution in [0.15, 0.2) is 0 Å². The molecule has 0 amide bonds. The van der Waals surface area contributed by atoms with Crippen molar-refractivity contribution in [2.75, 3.05) is 26.2 Å². The molecule has 0 bridgehead atoms. The van der Waals surface area contributed by atoms with E-state index >= 15 is 0 Å². The Kier molecular flexibility index (Phi) is 6.28. The van der Waals surface area contributed by atoms with Crippen LogP contribution in [-0.2, 0) is 0 Å². The molecule has 0 saturated carbocycles. The second-order valence-electron chi connectivity index (χ2n) is 4.30. The van der Waals surface area contributed by atoms with Gasteiger partial charge < -0.3 is 5.11 Å². The summed E-state index contributed by atoms with van der Waals surface area (Å²) in [6.45, 7) is 3.94. The minimum atomic E-state index is -0.00949. The molecule has 0 aromatic carbocycles. The second-order valence-corrected chi connectivity index (χ2v) is 14.9. The Hall–Kier alpha value is 2.46. The fraction of sp³-hybridized carbons (Fsp3) is 1.00. The minimum Gasteiger partial charge on any atom is -0.395 e. The van der Waals surface area contributed by atoms with Crippen LogP contribution in [0.1, 0.15) is 0 Å². The number of aliphatic hydroxyl groups is 1. The van der Waals surface area contributed by atoms with Crippen molar-refractivity contribution in [2.45, 2.75) is 6.04 Å². The third kappa shape index (κ3) is 2.96. The van der Waals surface area contributed by atoms with Gasteiger partial charge in [-0.2, -0.15) is 0 Å². The fourth-order valence-corrected chi connectivity index (χ4v) is 8.38. The van der Waals surface area contributed by atoms with E-state index in [0.717, 1.165) is 22.3 Å². The summed E-state index contributed by atoms with van der Waals surface area (Å²) in [7, 11) is 10.4. The van der Waals surface area contributed by atoms with E-state index in [0.29, 0.717) is 18.6 Å². The van der Waals surface area contributed by atoms with Gasteiger partial charge in [0.25, 0.3) is 0 Å². The Balaban J connectivity index is 1.99. The van der Waals surface area contributed by atoms with Gasteiger partial charge in [0.05, 0.1) is 6.61 Å². The Labute approximate surface area is 109 Å². The molecule has 2 aliphatic heterocycles. The van der Waals surface area contributed by atoms with Gasteiger partial charge in [-0.3, -0.25) is 9.34 Å². The third-order valence-corrected chi connectivity index (χ3v) is 15.7. The fourth-order valence-electron chi connectivity index (χ4n) is 2.76. The van der Waals surface area contributed by atoms with Crippen molar-refractivity contribution in [3.63, 3.8) is 0 Å². The maximum absolute atomic E-state index is 9.53. The molecule has 2 heterocycles. The monoisotopic (exact) mass is 334 g/mol. The van der Waals surface area contributed by atoms with Gasteiger partial charge in [0.1, 0.15) is 0 Å². The molecular formula is C7H20N2OP6. The summed E-state index contributed by atoms with van der Waals surface area (Å²) in [5.41, 5.74) is 0. The molecule has 94 valence electrons. The van der Waals surface area contributed by atoms with Crippen LogP contribution in [0.5, 0.6) is 0 Å². The topological polar surface area (TPSA) is 26.7 Å². The molecule has 0 aromatic rings. The molecule has 2 aliphatic rings. The predicted octanol–water partition coefficient (Wildman–Crippen LogP) is 2.17. The third-order valence-electron chi connectivity index (χ3n) is 3.59. The first-order valence-corrected chi connectivity index (χ1v) is 14.6. The van der Waals surface area contributed by atoms with Gasteiger partial charge in [-0.1, -0.05) is 25.8 Å². The highest BCUT2D eigenvalue weighted by atomic mass is 32.6. The first-order chi connectivity index (χ1) is 7.71. The Morgan fingerprint density at radius 2 is 2.06 bits per heavy atom. The van der Waals surface area contributed by atoms with Crippen LogP contribution in [0.4, 0.5) is 0 Å². The average molecular weight is 334 g/mol. The van der Waals surface area contributed by atoms with Gasteiger partial charge in [-0.15, -0.1) is 8.93 Å². The summed E-state index contributed by atoms with van der Waals surface area (Å²) in [4.78, 5) is 0. The molecule has 16 heavy (non-hydrogen) atoms. The molecule has 9 atom stereocenters. The van der Waals surface area contributed by atoms with E-state index in [-0.39, 0.29) is 7.45 Å². The van der Waals surface area contributed by atoms with Crippen molar-refractivity contribution in [3.8, 4) is 0 Å². The molecular weight excluding hydrogens is 314 g/mol. The lowest BCUT2D eigenvalue weighted by molar-refractivity contribution is 0.189. The Morgan fingerprint density at radius 3 is 2.62 bits per heavy atom. The van der Waals surface area contributed by atoms with Crippen molar-refractivity contribution in [1.29, 1.82) is 0 Å². The summed E-state index contributed by atoms with van der Waals surface area (Å²) < 4.78 is 5.08. The van der Waals surface area contributed by atoms with Crippen LogP contribution in [0.3, 0.4) is 0 Å². The van der Waals surface area contributed by atoms with E-state index in [2.05, 4.69) is 36.1 Å². The molecule has 0 spiro atoms. The van der Waals surface area contributed by atoms with Gasteiger partial charge in [0, 0.05) is 33.1 Å². The molecule has 0 aliphatic carbocycles. The predicted molar refractivity (Wildman–Crippen MR) is 88.8 cm³/mol. The van der Waals surface area contributed by atoms with E-state index in [1.165, 1.54) is 19.6 Å². The van der Waals surface area contributed by atoms with E-state index in [4.69, 9.17) is 0 Å². The van der Waals surface area contributed by atoms with Crippen LogP contribution in [0, 0.1) is 11.8 Å². The molecule has 0 radical (unpaired) electrons. The van der Waals surface area contributed by atoms with Crippen molar-refractivity contribution >= 4 is 50.6 Å². The molecule has 2 rings (SSSR count). The zero-order valence-corrected chi connectivity index (χ0v) is 15.4. The molecule has 9 heteroatoms. The highest BCUT2D eigenvalue weighted by Crippen LogP contribution is 2.69.